The summed E-state index contributed by atoms with van der Waals surface area (Å²) >= 11 is 0. The summed E-state index contributed by atoms with van der Waals surface area (Å²) in [6.45, 7) is 13.9. The van der Waals surface area contributed by atoms with Gasteiger partial charge in [-0.2, -0.15) is 0 Å². The van der Waals surface area contributed by atoms with Gasteiger partial charge in [-0.05, 0) is 64.7 Å². The molecule has 6 heteroatoms. The average molecular weight is 924 g/mol. The standard InChI is InChI=1S/C31H19N2O.C19H26NSi.Ir/c1-2-9-21(10-3-1)22-17-19-23(20-18-22)33-28-15-6-5-14-27(28)32-31(33)26-13-8-12-25-24-11-4-7-16-29(24)34-30(25)26;1-14(2)10-17-12-18(16-9-7-8-15(3)11-16)20-13-19(17)21(4,5)6;/h1-12,14-20H;7-8,11-14H,10H2,1-6H3;/q2*-1;. The van der Waals surface area contributed by atoms with Crippen molar-refractivity contribution in [3.8, 4) is 39.5 Å². The van der Waals surface area contributed by atoms with Gasteiger partial charge in [-0.1, -0.05) is 136 Å². The van der Waals surface area contributed by atoms with Crippen LogP contribution >= 0.6 is 0 Å². The normalized spacial score (nSPS) is 11.5. The Labute approximate surface area is 344 Å². The molecule has 0 atom stereocenters. The summed E-state index contributed by atoms with van der Waals surface area (Å²) in [5.41, 5.74) is 12.8. The summed E-state index contributed by atoms with van der Waals surface area (Å²) in [6, 6.07) is 54.7. The molecule has 3 aromatic heterocycles. The van der Waals surface area contributed by atoms with Crippen molar-refractivity contribution in [2.24, 2.45) is 5.92 Å². The number of rotatable bonds is 7. The largest absolute Gasteiger partial charge is 0.501 e. The Morgan fingerprint density at radius 3 is 2.18 bits per heavy atom. The topological polar surface area (TPSA) is 43.9 Å². The molecule has 0 aliphatic rings. The molecular formula is C50H45IrN3OSi-2. The van der Waals surface area contributed by atoms with Crippen LogP contribution in [0.4, 0.5) is 0 Å². The van der Waals surface area contributed by atoms with Crippen molar-refractivity contribution in [3.63, 3.8) is 0 Å². The van der Waals surface area contributed by atoms with Crippen LogP contribution in [-0.4, -0.2) is 22.6 Å². The van der Waals surface area contributed by atoms with Gasteiger partial charge in [-0.3, -0.25) is 4.98 Å². The smallest absolute Gasteiger partial charge is 0.120 e. The van der Waals surface area contributed by atoms with Crippen molar-refractivity contribution in [1.29, 1.82) is 0 Å². The minimum absolute atomic E-state index is 0. The van der Waals surface area contributed by atoms with Crippen molar-refractivity contribution in [1.82, 2.24) is 14.5 Å². The van der Waals surface area contributed by atoms with Crippen LogP contribution in [-0.2, 0) is 26.5 Å². The zero-order chi connectivity index (χ0) is 38.1. The zero-order valence-electron chi connectivity index (χ0n) is 32.7. The van der Waals surface area contributed by atoms with E-state index in [0.717, 1.165) is 67.7 Å². The molecular weight excluding hydrogens is 879 g/mol. The molecule has 4 nitrogen and oxygen atoms in total. The number of nitrogens with zero attached hydrogens (tertiary/aromatic N) is 3. The summed E-state index contributed by atoms with van der Waals surface area (Å²) in [4.78, 5) is 9.76. The van der Waals surface area contributed by atoms with Crippen LogP contribution in [0.25, 0.3) is 72.4 Å². The molecule has 1 radical (unpaired) electrons. The van der Waals surface area contributed by atoms with E-state index in [1.165, 1.54) is 27.4 Å². The first-order valence-electron chi connectivity index (χ1n) is 19.1. The third-order valence-corrected chi connectivity index (χ3v) is 12.1. The van der Waals surface area contributed by atoms with Crippen LogP contribution in [0.3, 0.4) is 0 Å². The molecule has 0 aliphatic heterocycles. The Morgan fingerprint density at radius 2 is 1.43 bits per heavy atom. The van der Waals surface area contributed by atoms with Crippen molar-refractivity contribution < 1.29 is 24.5 Å². The van der Waals surface area contributed by atoms with Crippen molar-refractivity contribution in [3.05, 3.63) is 169 Å². The van der Waals surface area contributed by atoms with Gasteiger partial charge in [0, 0.05) is 37.4 Å². The number of imidazole rings is 1. The number of aryl methyl sites for hydroxylation is 1. The van der Waals surface area contributed by atoms with Crippen molar-refractivity contribution in [2.45, 2.75) is 46.8 Å². The molecule has 9 rings (SSSR count). The third kappa shape index (κ3) is 7.96. The number of aromatic nitrogens is 3. The first kappa shape index (κ1) is 38.9. The summed E-state index contributed by atoms with van der Waals surface area (Å²) in [6.07, 6.45) is 3.25. The molecule has 0 unspecified atom stereocenters. The molecule has 281 valence electrons. The van der Waals surface area contributed by atoms with E-state index in [1.807, 2.05) is 54.6 Å². The van der Waals surface area contributed by atoms with E-state index in [1.54, 1.807) is 0 Å². The van der Waals surface area contributed by atoms with Crippen LogP contribution in [0.5, 0.6) is 0 Å². The van der Waals surface area contributed by atoms with E-state index < -0.39 is 8.07 Å². The van der Waals surface area contributed by atoms with E-state index in [2.05, 4.69) is 148 Å². The first-order chi connectivity index (χ1) is 26.6. The van der Waals surface area contributed by atoms with Crippen LogP contribution in [0.2, 0.25) is 19.6 Å². The van der Waals surface area contributed by atoms with Crippen LogP contribution in [0.15, 0.2) is 150 Å². The van der Waals surface area contributed by atoms with Crippen LogP contribution < -0.4 is 5.19 Å². The third-order valence-electron chi connectivity index (χ3n) is 10.0. The van der Waals surface area contributed by atoms with Gasteiger partial charge in [0.2, 0.25) is 0 Å². The quantitative estimate of drug-likeness (QED) is 0.118. The van der Waals surface area contributed by atoms with Gasteiger partial charge in [0.15, 0.2) is 0 Å². The second-order valence-corrected chi connectivity index (χ2v) is 20.8. The number of pyridine rings is 1. The predicted molar refractivity (Wildman–Crippen MR) is 233 cm³/mol. The van der Waals surface area contributed by atoms with Crippen molar-refractivity contribution in [2.75, 3.05) is 0 Å². The molecule has 0 fully saturated rings. The molecule has 0 bridgehead atoms. The molecule has 0 aliphatic carbocycles. The Hall–Kier alpha value is -5.39. The number of para-hydroxylation sites is 3. The molecule has 0 amide bonds. The molecule has 0 N–H and O–H groups in total. The number of furan rings is 1. The molecule has 0 saturated heterocycles. The fourth-order valence-electron chi connectivity index (χ4n) is 7.40. The van der Waals surface area contributed by atoms with Gasteiger partial charge in [0.1, 0.15) is 5.58 Å². The number of hydrogen-bond acceptors (Lipinski definition) is 3. The van der Waals surface area contributed by atoms with Gasteiger partial charge < -0.3 is 14.0 Å². The summed E-state index contributed by atoms with van der Waals surface area (Å²) < 4.78 is 8.51. The van der Waals surface area contributed by atoms with E-state index in [-0.39, 0.29) is 20.1 Å². The fraction of sp³-hybridized carbons (Fsp3) is 0.160. The molecule has 0 saturated carbocycles. The minimum atomic E-state index is -1.35. The maximum absolute atomic E-state index is 6.32. The maximum Gasteiger partial charge on any atom is 0.120 e. The Morgan fingerprint density at radius 1 is 0.732 bits per heavy atom. The number of fused-ring (bicyclic) bond motifs is 4. The van der Waals surface area contributed by atoms with Gasteiger partial charge in [-0.25, -0.2) is 0 Å². The van der Waals surface area contributed by atoms with Gasteiger partial charge >= 0.3 is 0 Å². The van der Waals surface area contributed by atoms with E-state index in [9.17, 15) is 0 Å². The predicted octanol–water partition coefficient (Wildman–Crippen LogP) is 12.7. The summed E-state index contributed by atoms with van der Waals surface area (Å²) in [5, 5.41) is 3.66. The van der Waals surface area contributed by atoms with E-state index in [4.69, 9.17) is 14.4 Å². The van der Waals surface area contributed by atoms with E-state index >= 15 is 0 Å². The number of benzene rings is 6. The first-order valence-corrected chi connectivity index (χ1v) is 22.6. The van der Waals surface area contributed by atoms with Crippen LogP contribution in [0, 0.1) is 25.0 Å². The molecule has 3 heterocycles. The van der Waals surface area contributed by atoms with E-state index in [0.29, 0.717) is 5.92 Å². The molecule has 56 heavy (non-hydrogen) atoms. The second-order valence-electron chi connectivity index (χ2n) is 15.7. The minimum Gasteiger partial charge on any atom is -0.501 e. The SMILES string of the molecule is Cc1cc[c-]c(-c2cc(CC(C)C)c([Si](C)(C)C)cn2)c1.[Ir].[c-]1ccc2c(oc3ccccc32)c1-c1nc2ccccc2n1-c1ccc(-c2ccccc2)cc1. The van der Waals surface area contributed by atoms with Gasteiger partial charge in [0.25, 0.3) is 0 Å². The summed E-state index contributed by atoms with van der Waals surface area (Å²) in [5.74, 6) is 1.48. The van der Waals surface area contributed by atoms with Crippen LogP contribution in [0.1, 0.15) is 25.0 Å². The Bertz CT molecular complexity index is 2760. The van der Waals surface area contributed by atoms with Crippen molar-refractivity contribution >= 4 is 46.2 Å². The fourth-order valence-corrected chi connectivity index (χ4v) is 8.99. The molecule has 6 aromatic carbocycles. The molecule has 0 spiro atoms. The second kappa shape index (κ2) is 16.4. The molecule has 9 aromatic rings. The average Bonchev–Trinajstić information content (AvgIpc) is 3.77. The van der Waals surface area contributed by atoms with Gasteiger partial charge in [-0.15, -0.1) is 53.6 Å². The number of hydrogen-bond donors (Lipinski definition) is 0. The van der Waals surface area contributed by atoms with Gasteiger partial charge in [0.05, 0.1) is 30.5 Å². The Balaban J connectivity index is 0.000000190. The maximum atomic E-state index is 6.32. The monoisotopic (exact) mass is 924 g/mol. The zero-order valence-corrected chi connectivity index (χ0v) is 36.1. The summed E-state index contributed by atoms with van der Waals surface area (Å²) in [7, 11) is -1.35. The Kier molecular flexibility index (Phi) is 11.4.